The van der Waals surface area contributed by atoms with Gasteiger partial charge in [0.25, 0.3) is 0 Å². The van der Waals surface area contributed by atoms with Gasteiger partial charge >= 0.3 is 0 Å². The molecule has 2 heterocycles. The average molecular weight is 612 g/mol. The van der Waals surface area contributed by atoms with Crippen molar-refractivity contribution in [1.82, 2.24) is 20.0 Å². The molecule has 0 saturated carbocycles. The lowest BCUT2D eigenvalue weighted by Crippen LogP contribution is -2.28. The Morgan fingerprint density at radius 2 is 1.43 bits per heavy atom. The van der Waals surface area contributed by atoms with Crippen LogP contribution in [0.25, 0.3) is 21.9 Å². The van der Waals surface area contributed by atoms with Crippen molar-refractivity contribution in [3.05, 3.63) is 30.1 Å². The first-order valence-corrected chi connectivity index (χ1v) is 17.3. The molecule has 3 rings (SSSR count). The second-order valence-corrected chi connectivity index (χ2v) is 11.7. The lowest BCUT2D eigenvalue weighted by atomic mass is 10.1. The van der Waals surface area contributed by atoms with Crippen LogP contribution >= 0.6 is 0 Å². The molecule has 1 aromatic carbocycles. The normalized spacial score (nSPS) is 11.5. The van der Waals surface area contributed by atoms with E-state index in [9.17, 15) is 4.79 Å². The molecule has 0 saturated heterocycles. The van der Waals surface area contributed by atoms with E-state index in [4.69, 9.17) is 25.0 Å². The number of aromatic nitrogens is 3. The summed E-state index contributed by atoms with van der Waals surface area (Å²) in [7, 11) is 0. The summed E-state index contributed by atoms with van der Waals surface area (Å²) in [5.74, 6) is 1.27. The van der Waals surface area contributed by atoms with Crippen LogP contribution in [0.3, 0.4) is 0 Å². The van der Waals surface area contributed by atoms with Gasteiger partial charge in [-0.2, -0.15) is 4.73 Å². The fourth-order valence-corrected chi connectivity index (χ4v) is 5.40. The lowest BCUT2D eigenvalue weighted by Gasteiger charge is -2.13. The van der Waals surface area contributed by atoms with Gasteiger partial charge in [-0.25, -0.2) is 9.97 Å². The highest BCUT2D eigenvalue weighted by Gasteiger charge is 2.18. The summed E-state index contributed by atoms with van der Waals surface area (Å²) in [6.07, 6.45) is 18.7. The van der Waals surface area contributed by atoms with E-state index in [1.807, 2.05) is 24.3 Å². The number of pyridine rings is 1. The predicted molar refractivity (Wildman–Crippen MR) is 180 cm³/mol. The number of benzene rings is 1. The average Bonchev–Trinajstić information content (AvgIpc) is 3.40. The van der Waals surface area contributed by atoms with Crippen molar-refractivity contribution >= 4 is 33.7 Å². The highest BCUT2D eigenvalue weighted by atomic mass is 16.7. The molecule has 9 heteroatoms. The quantitative estimate of drug-likeness (QED) is 0.0925. The van der Waals surface area contributed by atoms with E-state index in [2.05, 4.69) is 24.1 Å². The van der Waals surface area contributed by atoms with Crippen molar-refractivity contribution in [2.24, 2.45) is 0 Å². The number of fused-ring (bicyclic) bond motifs is 3. The first-order valence-electron chi connectivity index (χ1n) is 17.3. The number of anilines is 1. The summed E-state index contributed by atoms with van der Waals surface area (Å²) in [6.45, 7) is 7.51. The number of carbonyl (C=O) groups is 1. The van der Waals surface area contributed by atoms with Gasteiger partial charge in [0, 0.05) is 38.0 Å². The van der Waals surface area contributed by atoms with Crippen LogP contribution < -0.4 is 15.9 Å². The highest BCUT2D eigenvalue weighted by Crippen LogP contribution is 2.28. The maximum absolute atomic E-state index is 12.1. The fourth-order valence-electron chi connectivity index (χ4n) is 5.40. The molecule has 2 aromatic heterocycles. The Morgan fingerprint density at radius 1 is 0.773 bits per heavy atom. The van der Waals surface area contributed by atoms with E-state index in [-0.39, 0.29) is 5.91 Å². The summed E-state index contributed by atoms with van der Waals surface area (Å²) >= 11 is 0. The number of hydrogen-bond acceptors (Lipinski definition) is 7. The second-order valence-electron chi connectivity index (χ2n) is 11.7. The number of hydrogen-bond donors (Lipinski definition) is 2. The minimum atomic E-state index is 0.0340. The van der Waals surface area contributed by atoms with Crippen LogP contribution in [-0.2, 0) is 20.7 Å². The molecule has 9 nitrogen and oxygen atoms in total. The van der Waals surface area contributed by atoms with E-state index in [0.717, 1.165) is 61.0 Å². The zero-order chi connectivity index (χ0) is 31.2. The Morgan fingerprint density at radius 3 is 2.18 bits per heavy atom. The molecule has 246 valence electrons. The molecule has 0 unspecified atom stereocenters. The van der Waals surface area contributed by atoms with Gasteiger partial charge in [-0.1, -0.05) is 103 Å². The van der Waals surface area contributed by atoms with E-state index in [1.54, 1.807) is 4.73 Å². The largest absolute Gasteiger partial charge is 0.410 e. The van der Waals surface area contributed by atoms with Gasteiger partial charge in [-0.05, 0) is 25.3 Å². The first kappa shape index (κ1) is 35.6. The van der Waals surface area contributed by atoms with Crippen LogP contribution in [0, 0.1) is 0 Å². The molecule has 0 aliphatic rings. The fraction of sp³-hybridized carbons (Fsp3) is 0.686. The molecule has 0 spiro atoms. The van der Waals surface area contributed by atoms with E-state index >= 15 is 0 Å². The number of rotatable bonds is 26. The zero-order valence-electron chi connectivity index (χ0n) is 27.4. The van der Waals surface area contributed by atoms with Crippen molar-refractivity contribution in [1.29, 1.82) is 0 Å². The predicted octanol–water partition coefficient (Wildman–Crippen LogP) is 7.18. The second kappa shape index (κ2) is 21.7. The maximum atomic E-state index is 12.1. The molecule has 1 amide bonds. The minimum absolute atomic E-state index is 0.0340. The molecule has 0 aliphatic carbocycles. The summed E-state index contributed by atoms with van der Waals surface area (Å²) < 4.78 is 13.2. The monoisotopic (exact) mass is 611 g/mol. The van der Waals surface area contributed by atoms with Crippen molar-refractivity contribution in [2.45, 2.75) is 117 Å². The van der Waals surface area contributed by atoms with Gasteiger partial charge in [0.2, 0.25) is 5.91 Å². The minimum Gasteiger partial charge on any atom is -0.410 e. The third-order valence-corrected chi connectivity index (χ3v) is 7.90. The number of nitrogens with two attached hydrogens (primary N) is 1. The Balaban J connectivity index is 1.21. The van der Waals surface area contributed by atoms with Gasteiger partial charge in [0.05, 0.1) is 18.7 Å². The van der Waals surface area contributed by atoms with Gasteiger partial charge in [0.15, 0.2) is 5.82 Å². The van der Waals surface area contributed by atoms with E-state index in [0.29, 0.717) is 50.7 Å². The SMILES string of the molecule is CCCCCCCCCCCCCOCCCC(=O)NCCOCCOn1c(CCCC)nc2c(N)nc3ccccc3c21. The van der Waals surface area contributed by atoms with E-state index in [1.165, 1.54) is 64.2 Å². The van der Waals surface area contributed by atoms with Crippen molar-refractivity contribution in [3.63, 3.8) is 0 Å². The number of nitrogen functional groups attached to an aromatic ring is 1. The molecule has 0 atom stereocenters. The van der Waals surface area contributed by atoms with Crippen LogP contribution in [0.5, 0.6) is 0 Å². The van der Waals surface area contributed by atoms with Crippen molar-refractivity contribution < 1.29 is 19.1 Å². The maximum Gasteiger partial charge on any atom is 0.220 e. The zero-order valence-corrected chi connectivity index (χ0v) is 27.4. The third kappa shape index (κ3) is 12.6. The number of para-hydroxylation sites is 1. The number of nitrogens with zero attached hydrogens (tertiary/aromatic N) is 3. The summed E-state index contributed by atoms with van der Waals surface area (Å²) in [6, 6.07) is 7.88. The topological polar surface area (TPSA) is 114 Å². The first-order chi connectivity index (χ1) is 21.7. The molecule has 0 radical (unpaired) electrons. The number of nitrogens with one attached hydrogen (secondary N) is 1. The molecule has 0 bridgehead atoms. The molecule has 3 N–H and O–H groups in total. The van der Waals surface area contributed by atoms with Gasteiger partial charge in [-0.15, -0.1) is 0 Å². The Kier molecular flexibility index (Phi) is 17.6. The molecule has 3 aromatic rings. The number of ether oxygens (including phenoxy) is 2. The summed E-state index contributed by atoms with van der Waals surface area (Å²) in [4.78, 5) is 27.6. The lowest BCUT2D eigenvalue weighted by molar-refractivity contribution is -0.121. The van der Waals surface area contributed by atoms with Crippen LogP contribution in [0.4, 0.5) is 5.82 Å². The smallest absolute Gasteiger partial charge is 0.220 e. The molecule has 44 heavy (non-hydrogen) atoms. The number of imidazole rings is 1. The molecule has 0 fully saturated rings. The highest BCUT2D eigenvalue weighted by molar-refractivity contribution is 6.06. The number of aryl methyl sites for hydroxylation is 1. The van der Waals surface area contributed by atoms with E-state index < -0.39 is 0 Å². The Labute approximate surface area is 264 Å². The number of amides is 1. The summed E-state index contributed by atoms with van der Waals surface area (Å²) in [5.41, 5.74) is 8.57. The molecule has 0 aliphatic heterocycles. The molecular weight excluding hydrogens is 554 g/mol. The Bertz CT molecular complexity index is 1210. The standard InChI is InChI=1S/C35H57N5O4/c1-3-5-7-8-9-10-11-12-13-14-17-24-42-25-18-22-32(41)37-23-26-43-27-28-44-40-31(21-6-4-2)39-33-34(40)29-19-15-16-20-30(29)38-35(33)36/h15-16,19-20H,3-14,17-18,21-28H2,1-2H3,(H2,36,38)(H,37,41). The molecular formula is C35H57N5O4. The number of carbonyl (C=O) groups excluding carboxylic acids is 1. The van der Waals surface area contributed by atoms with Gasteiger partial charge in [-0.3, -0.25) is 4.79 Å². The van der Waals surface area contributed by atoms with Crippen LogP contribution in [0.2, 0.25) is 0 Å². The van der Waals surface area contributed by atoms with Crippen LogP contribution in [0.15, 0.2) is 24.3 Å². The van der Waals surface area contributed by atoms with Gasteiger partial charge < -0.3 is 25.4 Å². The van der Waals surface area contributed by atoms with Crippen molar-refractivity contribution in [3.8, 4) is 0 Å². The third-order valence-electron chi connectivity index (χ3n) is 7.90. The van der Waals surface area contributed by atoms with Gasteiger partial charge in [0.1, 0.15) is 23.5 Å². The van der Waals surface area contributed by atoms with Crippen LogP contribution in [0.1, 0.15) is 116 Å². The summed E-state index contributed by atoms with van der Waals surface area (Å²) in [5, 5.41) is 3.88. The van der Waals surface area contributed by atoms with Crippen molar-refractivity contribution in [2.75, 3.05) is 45.3 Å². The Hall–Kier alpha value is -2.91. The number of unbranched alkanes of at least 4 members (excludes halogenated alkanes) is 11. The van der Waals surface area contributed by atoms with Crippen LogP contribution in [-0.4, -0.2) is 60.2 Å².